The molecule has 2 aromatic rings. The molecule has 1 amide bonds. The molecule has 0 saturated carbocycles. The van der Waals surface area contributed by atoms with Gasteiger partial charge in [-0.25, -0.2) is 0 Å². The summed E-state index contributed by atoms with van der Waals surface area (Å²) in [6.45, 7) is 6.02. The predicted molar refractivity (Wildman–Crippen MR) is 88.1 cm³/mol. The molecule has 2 atom stereocenters. The van der Waals surface area contributed by atoms with E-state index in [1.807, 2.05) is 57.2 Å². The molecule has 2 N–H and O–H groups in total. The summed E-state index contributed by atoms with van der Waals surface area (Å²) in [6.07, 6.45) is 0.0342. The minimum Gasteiger partial charge on any atom is -0.384 e. The number of rotatable bonds is 3. The standard InChI is InChI=1S/C19H21NO2/c1-4-14-15-9-12(3)10-16(17(15)20-19(14)22)18(21)13-7-5-6-11(2)8-13/h5-10,14,18,21H,4H2,1-3H3,(H,20,22). The van der Waals surface area contributed by atoms with Crippen molar-refractivity contribution in [3.8, 4) is 0 Å². The van der Waals surface area contributed by atoms with Gasteiger partial charge in [0.2, 0.25) is 5.91 Å². The Bertz CT molecular complexity index is 736. The zero-order valence-electron chi connectivity index (χ0n) is 13.2. The lowest BCUT2D eigenvalue weighted by Gasteiger charge is -2.17. The van der Waals surface area contributed by atoms with Gasteiger partial charge in [0, 0.05) is 5.56 Å². The van der Waals surface area contributed by atoms with E-state index < -0.39 is 6.10 Å². The SMILES string of the molecule is CCC1C(=O)Nc2c1cc(C)cc2C(O)c1cccc(C)c1. The Kier molecular flexibility index (Phi) is 3.75. The van der Waals surface area contributed by atoms with Gasteiger partial charge in [-0.1, -0.05) is 54.4 Å². The number of carbonyl (C=O) groups excluding carboxylic acids is 1. The molecule has 22 heavy (non-hydrogen) atoms. The van der Waals surface area contributed by atoms with Crippen molar-refractivity contribution in [1.82, 2.24) is 0 Å². The molecule has 1 heterocycles. The number of hydrogen-bond acceptors (Lipinski definition) is 2. The summed E-state index contributed by atoms with van der Waals surface area (Å²) in [5.74, 6) is -0.0841. The molecule has 1 aliphatic rings. The van der Waals surface area contributed by atoms with E-state index in [2.05, 4.69) is 5.32 Å². The van der Waals surface area contributed by atoms with Gasteiger partial charge in [-0.2, -0.15) is 0 Å². The van der Waals surface area contributed by atoms with Crippen molar-refractivity contribution in [2.75, 3.05) is 5.32 Å². The summed E-state index contributed by atoms with van der Waals surface area (Å²) in [5.41, 5.74) is 5.60. The molecule has 0 fully saturated rings. The zero-order chi connectivity index (χ0) is 15.9. The fourth-order valence-corrected chi connectivity index (χ4v) is 3.25. The quantitative estimate of drug-likeness (QED) is 0.904. The highest BCUT2D eigenvalue weighted by Gasteiger charge is 2.32. The topological polar surface area (TPSA) is 49.3 Å². The molecule has 3 rings (SSSR count). The minimum atomic E-state index is -0.732. The summed E-state index contributed by atoms with van der Waals surface area (Å²) in [5, 5.41) is 13.8. The van der Waals surface area contributed by atoms with Crippen LogP contribution in [0.3, 0.4) is 0 Å². The maximum atomic E-state index is 12.1. The average molecular weight is 295 g/mol. The van der Waals surface area contributed by atoms with Crippen molar-refractivity contribution in [2.45, 2.75) is 39.2 Å². The van der Waals surface area contributed by atoms with Gasteiger partial charge in [0.25, 0.3) is 0 Å². The first-order valence-corrected chi connectivity index (χ1v) is 7.71. The highest BCUT2D eigenvalue weighted by molar-refractivity contribution is 6.04. The number of benzene rings is 2. The van der Waals surface area contributed by atoms with E-state index in [1.54, 1.807) is 0 Å². The number of aliphatic hydroxyl groups excluding tert-OH is 1. The van der Waals surface area contributed by atoms with E-state index in [0.717, 1.165) is 39.9 Å². The van der Waals surface area contributed by atoms with Crippen LogP contribution in [0, 0.1) is 13.8 Å². The van der Waals surface area contributed by atoms with Crippen molar-refractivity contribution >= 4 is 11.6 Å². The number of nitrogens with one attached hydrogen (secondary N) is 1. The molecule has 0 aliphatic carbocycles. The van der Waals surface area contributed by atoms with Crippen LogP contribution in [0.4, 0.5) is 5.69 Å². The second kappa shape index (κ2) is 5.58. The first kappa shape index (κ1) is 14.8. The average Bonchev–Trinajstić information content (AvgIpc) is 2.80. The van der Waals surface area contributed by atoms with E-state index in [1.165, 1.54) is 0 Å². The largest absolute Gasteiger partial charge is 0.384 e. The van der Waals surface area contributed by atoms with Crippen LogP contribution in [-0.4, -0.2) is 11.0 Å². The third kappa shape index (κ3) is 2.42. The van der Waals surface area contributed by atoms with Crippen molar-refractivity contribution in [2.24, 2.45) is 0 Å². The van der Waals surface area contributed by atoms with Crippen LogP contribution in [-0.2, 0) is 4.79 Å². The number of amides is 1. The monoisotopic (exact) mass is 295 g/mol. The molecular formula is C19H21NO2. The van der Waals surface area contributed by atoms with Crippen LogP contribution in [0.15, 0.2) is 36.4 Å². The molecule has 3 heteroatoms. The number of carbonyl (C=O) groups is 1. The number of aryl methyl sites for hydroxylation is 2. The lowest BCUT2D eigenvalue weighted by atomic mass is 9.91. The van der Waals surface area contributed by atoms with Gasteiger partial charge in [0.1, 0.15) is 6.10 Å². The molecule has 0 aromatic heterocycles. The summed E-state index contributed by atoms with van der Waals surface area (Å²) < 4.78 is 0. The van der Waals surface area contributed by atoms with Gasteiger partial charge in [-0.05, 0) is 31.4 Å². The number of anilines is 1. The fraction of sp³-hybridized carbons (Fsp3) is 0.316. The lowest BCUT2D eigenvalue weighted by Crippen LogP contribution is -2.11. The van der Waals surface area contributed by atoms with Crippen LogP contribution >= 0.6 is 0 Å². The highest BCUT2D eigenvalue weighted by atomic mass is 16.3. The molecule has 0 saturated heterocycles. The molecule has 2 aromatic carbocycles. The molecule has 0 bridgehead atoms. The Labute approximate surface area is 131 Å². The van der Waals surface area contributed by atoms with Crippen LogP contribution in [0.25, 0.3) is 0 Å². The van der Waals surface area contributed by atoms with Crippen LogP contribution in [0.1, 0.15) is 53.2 Å². The van der Waals surface area contributed by atoms with Gasteiger partial charge in [0.05, 0.1) is 11.6 Å². The lowest BCUT2D eigenvalue weighted by molar-refractivity contribution is -0.117. The second-order valence-electron chi connectivity index (χ2n) is 6.09. The Morgan fingerprint density at radius 2 is 1.95 bits per heavy atom. The summed E-state index contributed by atoms with van der Waals surface area (Å²) in [6, 6.07) is 11.9. The molecule has 0 radical (unpaired) electrons. The van der Waals surface area contributed by atoms with Crippen molar-refractivity contribution in [3.05, 3.63) is 64.2 Å². The first-order valence-electron chi connectivity index (χ1n) is 7.71. The first-order chi connectivity index (χ1) is 10.5. The minimum absolute atomic E-state index is 0.0285. The van der Waals surface area contributed by atoms with E-state index >= 15 is 0 Å². The van der Waals surface area contributed by atoms with E-state index in [0.29, 0.717) is 0 Å². The predicted octanol–water partition coefficient (Wildman–Crippen LogP) is 3.83. The molecule has 114 valence electrons. The van der Waals surface area contributed by atoms with Crippen LogP contribution in [0.2, 0.25) is 0 Å². The van der Waals surface area contributed by atoms with Gasteiger partial charge < -0.3 is 10.4 Å². The second-order valence-corrected chi connectivity index (χ2v) is 6.09. The number of hydrogen-bond donors (Lipinski definition) is 2. The molecule has 0 spiro atoms. The Balaban J connectivity index is 2.11. The van der Waals surface area contributed by atoms with E-state index in [4.69, 9.17) is 0 Å². The van der Waals surface area contributed by atoms with Crippen molar-refractivity contribution in [3.63, 3.8) is 0 Å². The third-order valence-electron chi connectivity index (χ3n) is 4.34. The van der Waals surface area contributed by atoms with Crippen LogP contribution in [0.5, 0.6) is 0 Å². The zero-order valence-corrected chi connectivity index (χ0v) is 13.2. The number of fused-ring (bicyclic) bond motifs is 1. The summed E-state index contributed by atoms with van der Waals surface area (Å²) >= 11 is 0. The molecular weight excluding hydrogens is 274 g/mol. The van der Waals surface area contributed by atoms with E-state index in [-0.39, 0.29) is 11.8 Å². The van der Waals surface area contributed by atoms with Gasteiger partial charge in [-0.15, -0.1) is 0 Å². The smallest absolute Gasteiger partial charge is 0.232 e. The van der Waals surface area contributed by atoms with Crippen molar-refractivity contribution < 1.29 is 9.90 Å². The molecule has 3 nitrogen and oxygen atoms in total. The maximum Gasteiger partial charge on any atom is 0.232 e. The van der Waals surface area contributed by atoms with Gasteiger partial charge in [0.15, 0.2) is 0 Å². The Morgan fingerprint density at radius 1 is 1.18 bits per heavy atom. The normalized spacial score (nSPS) is 18.0. The van der Waals surface area contributed by atoms with E-state index in [9.17, 15) is 9.90 Å². The fourth-order valence-electron chi connectivity index (χ4n) is 3.25. The van der Waals surface area contributed by atoms with Gasteiger partial charge >= 0.3 is 0 Å². The van der Waals surface area contributed by atoms with Gasteiger partial charge in [-0.3, -0.25) is 4.79 Å². The Hall–Kier alpha value is -2.13. The maximum absolute atomic E-state index is 12.1. The third-order valence-corrected chi connectivity index (χ3v) is 4.34. The molecule has 2 unspecified atom stereocenters. The molecule has 1 aliphatic heterocycles. The highest BCUT2D eigenvalue weighted by Crippen LogP contribution is 2.41. The Morgan fingerprint density at radius 3 is 2.64 bits per heavy atom. The van der Waals surface area contributed by atoms with Crippen LogP contribution < -0.4 is 5.32 Å². The summed E-state index contributed by atoms with van der Waals surface area (Å²) in [7, 11) is 0. The van der Waals surface area contributed by atoms with Crippen molar-refractivity contribution in [1.29, 1.82) is 0 Å². The summed E-state index contributed by atoms with van der Waals surface area (Å²) in [4.78, 5) is 12.1. The number of aliphatic hydroxyl groups is 1.